The van der Waals surface area contributed by atoms with Gasteiger partial charge in [-0.05, 0) is 42.4 Å². The molecule has 22 heavy (non-hydrogen) atoms. The lowest BCUT2D eigenvalue weighted by Gasteiger charge is -2.17. The van der Waals surface area contributed by atoms with Gasteiger partial charge < -0.3 is 15.7 Å². The van der Waals surface area contributed by atoms with E-state index in [2.05, 4.69) is 10.6 Å². The first-order valence-electron chi connectivity index (χ1n) is 6.98. The Kier molecular flexibility index (Phi) is 5.49. The van der Waals surface area contributed by atoms with Crippen molar-refractivity contribution in [2.45, 2.75) is 19.5 Å². The molecule has 2 aromatic carbocycles. The zero-order valence-electron chi connectivity index (χ0n) is 12.2. The van der Waals surface area contributed by atoms with Gasteiger partial charge in [-0.15, -0.1) is 0 Å². The predicted molar refractivity (Wildman–Crippen MR) is 90.8 cm³/mol. The van der Waals surface area contributed by atoms with E-state index in [1.54, 1.807) is 24.3 Å². The Morgan fingerprint density at radius 1 is 1.14 bits per heavy atom. The third kappa shape index (κ3) is 4.56. The average molecular weight is 314 g/mol. The predicted octanol–water partition coefficient (Wildman–Crippen LogP) is 3.11. The number of benzene rings is 2. The van der Waals surface area contributed by atoms with Gasteiger partial charge in [-0.2, -0.15) is 0 Å². The van der Waals surface area contributed by atoms with Gasteiger partial charge >= 0.3 is 5.97 Å². The van der Waals surface area contributed by atoms with Crippen LogP contribution in [0.25, 0.3) is 0 Å². The smallest absolute Gasteiger partial charge is 0.335 e. The van der Waals surface area contributed by atoms with E-state index in [1.807, 2.05) is 37.3 Å². The molecule has 0 radical (unpaired) electrons. The van der Waals surface area contributed by atoms with Crippen molar-refractivity contribution in [3.63, 3.8) is 0 Å². The lowest BCUT2D eigenvalue weighted by molar-refractivity contribution is 0.0697. The first-order valence-corrected chi connectivity index (χ1v) is 7.38. The van der Waals surface area contributed by atoms with E-state index in [0.29, 0.717) is 11.7 Å². The molecule has 0 amide bonds. The summed E-state index contributed by atoms with van der Waals surface area (Å²) in [5.41, 5.74) is 2.42. The third-order valence-electron chi connectivity index (χ3n) is 3.30. The van der Waals surface area contributed by atoms with Gasteiger partial charge in [-0.25, -0.2) is 4.79 Å². The largest absolute Gasteiger partial charge is 0.478 e. The van der Waals surface area contributed by atoms with Gasteiger partial charge in [0.1, 0.15) is 0 Å². The van der Waals surface area contributed by atoms with Crippen LogP contribution >= 0.6 is 12.2 Å². The monoisotopic (exact) mass is 314 g/mol. The number of hydrogen-bond donors (Lipinski definition) is 3. The molecule has 5 heteroatoms. The van der Waals surface area contributed by atoms with Gasteiger partial charge in [0, 0.05) is 6.54 Å². The van der Waals surface area contributed by atoms with E-state index in [4.69, 9.17) is 17.3 Å². The third-order valence-corrected chi connectivity index (χ3v) is 3.56. The van der Waals surface area contributed by atoms with E-state index in [0.717, 1.165) is 11.1 Å². The molecule has 0 saturated carbocycles. The van der Waals surface area contributed by atoms with Crippen molar-refractivity contribution >= 4 is 23.3 Å². The van der Waals surface area contributed by atoms with Crippen molar-refractivity contribution in [2.75, 3.05) is 0 Å². The number of carbonyl (C=O) groups is 1. The molecule has 2 aromatic rings. The first kappa shape index (κ1) is 16.0. The summed E-state index contributed by atoms with van der Waals surface area (Å²) in [6.45, 7) is 2.60. The highest BCUT2D eigenvalue weighted by Crippen LogP contribution is 2.10. The van der Waals surface area contributed by atoms with Crippen LogP contribution in [0.3, 0.4) is 0 Å². The van der Waals surface area contributed by atoms with Crippen LogP contribution in [-0.2, 0) is 6.54 Å². The minimum absolute atomic E-state index is 0.121. The number of aromatic carboxylic acids is 1. The molecule has 0 aromatic heterocycles. The van der Waals surface area contributed by atoms with Crippen molar-refractivity contribution in [1.82, 2.24) is 10.6 Å². The fourth-order valence-corrected chi connectivity index (χ4v) is 2.27. The first-order chi connectivity index (χ1) is 10.6. The highest BCUT2D eigenvalue weighted by Gasteiger charge is 2.06. The summed E-state index contributed by atoms with van der Waals surface area (Å²) < 4.78 is 0. The van der Waals surface area contributed by atoms with E-state index in [9.17, 15) is 4.79 Å². The highest BCUT2D eigenvalue weighted by atomic mass is 32.1. The normalized spacial score (nSPS) is 11.5. The average Bonchev–Trinajstić information content (AvgIpc) is 2.54. The van der Waals surface area contributed by atoms with Crippen LogP contribution in [0.1, 0.15) is 34.5 Å². The summed E-state index contributed by atoms with van der Waals surface area (Å²) in [4.78, 5) is 10.8. The molecule has 0 aliphatic heterocycles. The van der Waals surface area contributed by atoms with Gasteiger partial charge in [-0.3, -0.25) is 0 Å². The molecule has 2 rings (SSSR count). The fourth-order valence-electron chi connectivity index (χ4n) is 2.02. The van der Waals surface area contributed by atoms with Crippen LogP contribution in [0, 0.1) is 0 Å². The molecule has 1 atom stereocenters. The van der Waals surface area contributed by atoms with Crippen molar-refractivity contribution in [3.05, 3.63) is 71.3 Å². The number of nitrogens with one attached hydrogen (secondary N) is 2. The minimum Gasteiger partial charge on any atom is -0.478 e. The molecular formula is C17H18N2O2S. The highest BCUT2D eigenvalue weighted by molar-refractivity contribution is 7.80. The van der Waals surface area contributed by atoms with Gasteiger partial charge in [0.05, 0.1) is 11.6 Å². The molecule has 0 heterocycles. The maximum absolute atomic E-state index is 10.8. The molecule has 114 valence electrons. The second-order valence-electron chi connectivity index (χ2n) is 4.96. The molecule has 0 fully saturated rings. The Bertz CT molecular complexity index is 641. The maximum atomic E-state index is 10.8. The Labute approximate surface area is 135 Å². The van der Waals surface area contributed by atoms with Crippen LogP contribution in [0.4, 0.5) is 0 Å². The molecule has 0 bridgehead atoms. The summed E-state index contributed by atoms with van der Waals surface area (Å²) in [5.74, 6) is -0.923. The van der Waals surface area contributed by atoms with Crippen LogP contribution in [-0.4, -0.2) is 16.2 Å². The van der Waals surface area contributed by atoms with Crippen molar-refractivity contribution in [2.24, 2.45) is 0 Å². The molecule has 3 N–H and O–H groups in total. The van der Waals surface area contributed by atoms with Crippen molar-refractivity contribution in [1.29, 1.82) is 0 Å². The number of rotatable bonds is 5. The summed E-state index contributed by atoms with van der Waals surface area (Å²) >= 11 is 5.28. The van der Waals surface area contributed by atoms with Crippen LogP contribution in [0.15, 0.2) is 54.6 Å². The van der Waals surface area contributed by atoms with E-state index in [-0.39, 0.29) is 11.6 Å². The molecule has 0 spiro atoms. The van der Waals surface area contributed by atoms with Crippen molar-refractivity contribution in [3.8, 4) is 0 Å². The number of thiocarbonyl (C=S) groups is 1. The summed E-state index contributed by atoms with van der Waals surface area (Å²) in [6.07, 6.45) is 0. The molecule has 0 saturated heterocycles. The molecule has 0 aliphatic rings. The minimum atomic E-state index is -0.923. The van der Waals surface area contributed by atoms with E-state index < -0.39 is 5.97 Å². The topological polar surface area (TPSA) is 61.4 Å². The van der Waals surface area contributed by atoms with Crippen LogP contribution < -0.4 is 10.6 Å². The Hall–Kier alpha value is -2.40. The quantitative estimate of drug-likeness (QED) is 0.740. The summed E-state index contributed by atoms with van der Waals surface area (Å²) in [5, 5.41) is 15.8. The zero-order valence-corrected chi connectivity index (χ0v) is 13.1. The lowest BCUT2D eigenvalue weighted by atomic mass is 10.1. The number of carboxylic acid groups (broad SMARTS) is 1. The molecule has 4 nitrogen and oxygen atoms in total. The molecule has 1 unspecified atom stereocenters. The standard InChI is InChI=1S/C17H18N2O2S/c1-12(14-5-3-2-4-6-14)19-17(22)18-11-13-7-9-15(10-8-13)16(20)21/h2-10,12H,11H2,1H3,(H,20,21)(H2,18,19,22). The van der Waals surface area contributed by atoms with Gasteiger partial charge in [0.15, 0.2) is 5.11 Å². The summed E-state index contributed by atoms with van der Waals surface area (Å²) in [7, 11) is 0. The molecule has 0 aliphatic carbocycles. The number of carboxylic acids is 1. The van der Waals surface area contributed by atoms with Crippen LogP contribution in [0.5, 0.6) is 0 Å². The SMILES string of the molecule is CC(NC(=S)NCc1ccc(C(=O)O)cc1)c1ccccc1. The van der Waals surface area contributed by atoms with Gasteiger partial charge in [0.25, 0.3) is 0 Å². The molecular weight excluding hydrogens is 296 g/mol. The van der Waals surface area contributed by atoms with E-state index in [1.165, 1.54) is 0 Å². The van der Waals surface area contributed by atoms with Gasteiger partial charge in [-0.1, -0.05) is 42.5 Å². The summed E-state index contributed by atoms with van der Waals surface area (Å²) in [6, 6.07) is 16.9. The second kappa shape index (κ2) is 7.56. The lowest BCUT2D eigenvalue weighted by Crippen LogP contribution is -2.36. The number of hydrogen-bond acceptors (Lipinski definition) is 2. The zero-order chi connectivity index (χ0) is 15.9. The van der Waals surface area contributed by atoms with Gasteiger partial charge in [0.2, 0.25) is 0 Å². The Morgan fingerprint density at radius 2 is 1.77 bits per heavy atom. The second-order valence-corrected chi connectivity index (χ2v) is 5.37. The Morgan fingerprint density at radius 3 is 2.36 bits per heavy atom. The fraction of sp³-hybridized carbons (Fsp3) is 0.176. The Balaban J connectivity index is 1.83. The maximum Gasteiger partial charge on any atom is 0.335 e. The van der Waals surface area contributed by atoms with E-state index >= 15 is 0 Å². The van der Waals surface area contributed by atoms with Crippen LogP contribution in [0.2, 0.25) is 0 Å². The van der Waals surface area contributed by atoms with Crippen molar-refractivity contribution < 1.29 is 9.90 Å².